The molecule has 9 nitrogen and oxygen atoms in total. The van der Waals surface area contributed by atoms with E-state index >= 15 is 0 Å². The van der Waals surface area contributed by atoms with Gasteiger partial charge in [0.15, 0.2) is 11.6 Å². The number of β-amino-alcohol motifs (C(OH)–C–C–N with tert-alkyl or cyclic N) is 2. The van der Waals surface area contributed by atoms with Gasteiger partial charge in [-0.15, -0.1) is 0 Å². The van der Waals surface area contributed by atoms with E-state index in [0.717, 1.165) is 0 Å². The first-order valence-electron chi connectivity index (χ1n) is 12.0. The van der Waals surface area contributed by atoms with Crippen LogP contribution in [0.3, 0.4) is 0 Å². The molecule has 0 unspecified atom stereocenters. The largest absolute Gasteiger partial charge is 0.465 e. The van der Waals surface area contributed by atoms with Gasteiger partial charge in [0.25, 0.3) is 0 Å². The summed E-state index contributed by atoms with van der Waals surface area (Å²) in [5.74, 6) is 0.143. The third kappa shape index (κ3) is 10.2. The van der Waals surface area contributed by atoms with Crippen LogP contribution in [0.4, 0.5) is 4.79 Å². The number of amides is 1. The van der Waals surface area contributed by atoms with Crippen molar-refractivity contribution in [1.82, 2.24) is 16.0 Å². The normalized spacial score (nSPS) is 22.9. The highest BCUT2D eigenvalue weighted by Crippen LogP contribution is 2.13. The zero-order chi connectivity index (χ0) is 26.7. The standard InChI is InChI=1S/2C11H13NO2.C5H11NO2/c2*13-9-6-10(12-7-9)11(14)8-4-2-1-3-5-8;1-5(2,3)6-4(7)8/h2*1-5,9-10,12-13H,6-7H2;6H,1-3H3,(H,7,8)/t2*9-,10+;/m11./s1. The van der Waals surface area contributed by atoms with Gasteiger partial charge < -0.3 is 31.3 Å². The number of hydrogen-bond donors (Lipinski definition) is 6. The van der Waals surface area contributed by atoms with Crippen molar-refractivity contribution >= 4 is 17.7 Å². The van der Waals surface area contributed by atoms with Crippen LogP contribution < -0.4 is 16.0 Å². The van der Waals surface area contributed by atoms with E-state index in [-0.39, 0.29) is 41.4 Å². The molecule has 196 valence electrons. The smallest absolute Gasteiger partial charge is 0.405 e. The molecule has 2 aliphatic rings. The number of aliphatic hydroxyl groups is 2. The van der Waals surface area contributed by atoms with E-state index in [1.54, 1.807) is 45.0 Å². The Kier molecular flexibility index (Phi) is 11.2. The number of hydrogen-bond acceptors (Lipinski definition) is 7. The fraction of sp³-hybridized carbons (Fsp3) is 0.444. The monoisotopic (exact) mass is 499 g/mol. The Bertz CT molecular complexity index is 911. The van der Waals surface area contributed by atoms with Crippen molar-refractivity contribution in [1.29, 1.82) is 0 Å². The lowest BCUT2D eigenvalue weighted by atomic mass is 10.0. The molecule has 0 aliphatic carbocycles. The summed E-state index contributed by atoms with van der Waals surface area (Å²) in [5, 5.41) is 35.0. The Labute approximate surface area is 211 Å². The summed E-state index contributed by atoms with van der Waals surface area (Å²) in [6.07, 6.45) is -0.695. The average Bonchev–Trinajstić information content (AvgIpc) is 3.47. The lowest BCUT2D eigenvalue weighted by Crippen LogP contribution is -2.39. The fourth-order valence-electron chi connectivity index (χ4n) is 3.76. The molecule has 0 bridgehead atoms. The van der Waals surface area contributed by atoms with Crippen molar-refractivity contribution < 1.29 is 29.7 Å². The van der Waals surface area contributed by atoms with Crippen molar-refractivity contribution in [3.05, 3.63) is 71.8 Å². The molecular weight excluding hydrogens is 462 g/mol. The van der Waals surface area contributed by atoms with E-state index in [1.165, 1.54) is 0 Å². The molecular formula is C27H37N3O6. The molecule has 0 saturated carbocycles. The maximum atomic E-state index is 11.8. The summed E-state index contributed by atoms with van der Waals surface area (Å²) >= 11 is 0. The second kappa shape index (κ2) is 13.8. The molecule has 2 aromatic carbocycles. The first kappa shape index (κ1) is 29.1. The number of nitrogens with one attached hydrogen (secondary N) is 3. The van der Waals surface area contributed by atoms with E-state index < -0.39 is 6.09 Å². The minimum absolute atomic E-state index is 0.0714. The SMILES string of the molecule is CC(C)(C)NC(=O)O.O=C(c1ccccc1)[C@@H]1C[C@@H](O)CN1.O=C(c1ccccc1)[C@@H]1C[C@@H](O)CN1. The third-order valence-corrected chi connectivity index (χ3v) is 5.45. The number of carbonyl (C=O) groups excluding carboxylic acids is 2. The number of Topliss-reactive ketones (excluding diaryl/α,β-unsaturated/α-hetero) is 2. The summed E-state index contributed by atoms with van der Waals surface area (Å²) in [6, 6.07) is 17.9. The molecule has 2 aromatic rings. The topological polar surface area (TPSA) is 148 Å². The van der Waals surface area contributed by atoms with Crippen LogP contribution in [0.5, 0.6) is 0 Å². The van der Waals surface area contributed by atoms with Crippen LogP contribution in [0.2, 0.25) is 0 Å². The van der Waals surface area contributed by atoms with Crippen molar-refractivity contribution in [3.63, 3.8) is 0 Å². The fourth-order valence-corrected chi connectivity index (χ4v) is 3.76. The third-order valence-electron chi connectivity index (χ3n) is 5.45. The lowest BCUT2D eigenvalue weighted by Gasteiger charge is -2.16. The van der Waals surface area contributed by atoms with E-state index in [9.17, 15) is 24.6 Å². The molecule has 36 heavy (non-hydrogen) atoms. The maximum absolute atomic E-state index is 11.8. The molecule has 0 spiro atoms. The summed E-state index contributed by atoms with van der Waals surface area (Å²) < 4.78 is 0. The van der Waals surface area contributed by atoms with Crippen molar-refractivity contribution in [3.8, 4) is 0 Å². The molecule has 0 radical (unpaired) electrons. The van der Waals surface area contributed by atoms with Crippen molar-refractivity contribution in [2.24, 2.45) is 0 Å². The van der Waals surface area contributed by atoms with Gasteiger partial charge in [-0.3, -0.25) is 9.59 Å². The van der Waals surface area contributed by atoms with E-state index in [4.69, 9.17) is 5.11 Å². The van der Waals surface area contributed by atoms with Crippen LogP contribution >= 0.6 is 0 Å². The number of benzene rings is 2. The molecule has 2 heterocycles. The minimum Gasteiger partial charge on any atom is -0.465 e. The summed E-state index contributed by atoms with van der Waals surface area (Å²) in [4.78, 5) is 33.5. The van der Waals surface area contributed by atoms with Gasteiger partial charge in [0, 0.05) is 29.8 Å². The highest BCUT2D eigenvalue weighted by atomic mass is 16.4. The summed E-state index contributed by atoms with van der Waals surface area (Å²) in [5.41, 5.74) is 1.09. The first-order chi connectivity index (χ1) is 17.0. The van der Waals surface area contributed by atoms with Gasteiger partial charge in [-0.25, -0.2) is 4.79 Å². The molecule has 2 fully saturated rings. The predicted molar refractivity (Wildman–Crippen MR) is 137 cm³/mol. The molecule has 9 heteroatoms. The Morgan fingerprint density at radius 3 is 1.33 bits per heavy atom. The Hall–Kier alpha value is -3.11. The van der Waals surface area contributed by atoms with Crippen LogP contribution in [0.1, 0.15) is 54.3 Å². The second-order valence-corrected chi connectivity index (χ2v) is 9.84. The van der Waals surface area contributed by atoms with Gasteiger partial charge in [0.2, 0.25) is 0 Å². The molecule has 2 saturated heterocycles. The minimum atomic E-state index is -0.975. The number of ketones is 2. The van der Waals surface area contributed by atoms with Crippen LogP contribution in [0.15, 0.2) is 60.7 Å². The first-order valence-corrected chi connectivity index (χ1v) is 12.0. The van der Waals surface area contributed by atoms with Crippen molar-refractivity contribution in [2.45, 2.75) is 63.4 Å². The van der Waals surface area contributed by atoms with E-state index in [0.29, 0.717) is 37.1 Å². The highest BCUT2D eigenvalue weighted by Gasteiger charge is 2.29. The zero-order valence-corrected chi connectivity index (χ0v) is 21.0. The van der Waals surface area contributed by atoms with Gasteiger partial charge in [-0.05, 0) is 33.6 Å². The molecule has 0 aromatic heterocycles. The Morgan fingerprint density at radius 1 is 0.750 bits per heavy atom. The quantitative estimate of drug-likeness (QED) is 0.351. The highest BCUT2D eigenvalue weighted by molar-refractivity contribution is 6.00. The number of aliphatic hydroxyl groups excluding tert-OH is 2. The summed E-state index contributed by atoms with van der Waals surface area (Å²) in [7, 11) is 0. The average molecular weight is 500 g/mol. The lowest BCUT2D eigenvalue weighted by molar-refractivity contribution is 0.0936. The van der Waals surface area contributed by atoms with E-state index in [1.807, 2.05) is 36.4 Å². The van der Waals surface area contributed by atoms with Crippen molar-refractivity contribution in [2.75, 3.05) is 13.1 Å². The van der Waals surface area contributed by atoms with Crippen LogP contribution in [0.25, 0.3) is 0 Å². The van der Waals surface area contributed by atoms with Gasteiger partial charge in [0.1, 0.15) is 0 Å². The molecule has 1 amide bonds. The van der Waals surface area contributed by atoms with Gasteiger partial charge >= 0.3 is 6.09 Å². The number of rotatable bonds is 4. The predicted octanol–water partition coefficient (Wildman–Crippen LogP) is 2.24. The molecule has 4 atom stereocenters. The molecule has 4 rings (SSSR count). The zero-order valence-electron chi connectivity index (χ0n) is 21.0. The van der Waals surface area contributed by atoms with Crippen LogP contribution in [-0.2, 0) is 0 Å². The molecule has 6 N–H and O–H groups in total. The second-order valence-electron chi connectivity index (χ2n) is 9.84. The van der Waals surface area contributed by atoms with Gasteiger partial charge in [0.05, 0.1) is 24.3 Å². The van der Waals surface area contributed by atoms with Crippen LogP contribution in [0, 0.1) is 0 Å². The number of carboxylic acid groups (broad SMARTS) is 1. The van der Waals surface area contributed by atoms with Gasteiger partial charge in [-0.1, -0.05) is 60.7 Å². The van der Waals surface area contributed by atoms with Gasteiger partial charge in [-0.2, -0.15) is 0 Å². The Morgan fingerprint density at radius 2 is 1.11 bits per heavy atom. The van der Waals surface area contributed by atoms with Crippen LogP contribution in [-0.4, -0.2) is 75.9 Å². The van der Waals surface area contributed by atoms with E-state index in [2.05, 4.69) is 16.0 Å². The number of carbonyl (C=O) groups is 3. The maximum Gasteiger partial charge on any atom is 0.405 e. The summed E-state index contributed by atoms with van der Waals surface area (Å²) in [6.45, 7) is 6.41. The molecule has 2 aliphatic heterocycles. The Balaban J connectivity index is 0.000000199.